The molecule has 1 fully saturated rings. The quantitative estimate of drug-likeness (QED) is 0.374. The minimum atomic E-state index is -0.422. The first-order valence-corrected chi connectivity index (χ1v) is 11.2. The van der Waals surface area contributed by atoms with Gasteiger partial charge in [0.05, 0.1) is 12.7 Å². The predicted octanol–water partition coefficient (Wildman–Crippen LogP) is 4.53. The second-order valence-electron chi connectivity index (χ2n) is 7.81. The maximum atomic E-state index is 12.2. The number of likely N-dealkylation sites (tertiary alicyclic amines) is 1. The second-order valence-corrected chi connectivity index (χ2v) is 8.25. The third-order valence-electron chi connectivity index (χ3n) is 5.48. The molecule has 0 saturated carbocycles. The minimum Gasteiger partial charge on any atom is -0.466 e. The van der Waals surface area contributed by atoms with Gasteiger partial charge in [-0.1, -0.05) is 36.6 Å². The first-order valence-electron chi connectivity index (χ1n) is 10.9. The highest BCUT2D eigenvalue weighted by Crippen LogP contribution is 2.25. The van der Waals surface area contributed by atoms with Gasteiger partial charge in [-0.3, -0.25) is 9.59 Å². The van der Waals surface area contributed by atoms with Crippen molar-refractivity contribution >= 4 is 23.5 Å². The fraction of sp³-hybridized carbons (Fsp3) is 0.652. The summed E-state index contributed by atoms with van der Waals surface area (Å²) >= 11 is 6.01. The summed E-state index contributed by atoms with van der Waals surface area (Å²) in [7, 11) is 0. The van der Waals surface area contributed by atoms with Crippen molar-refractivity contribution in [3.05, 3.63) is 34.9 Å². The van der Waals surface area contributed by atoms with E-state index in [2.05, 4.69) is 0 Å². The van der Waals surface area contributed by atoms with E-state index in [1.165, 1.54) is 0 Å². The number of aliphatic hydroxyl groups excluding tert-OH is 1. The van der Waals surface area contributed by atoms with E-state index < -0.39 is 6.10 Å². The van der Waals surface area contributed by atoms with E-state index >= 15 is 0 Å². The molecule has 6 heteroatoms. The predicted molar refractivity (Wildman–Crippen MR) is 115 cm³/mol. The summed E-state index contributed by atoms with van der Waals surface area (Å²) in [5.41, 5.74) is 1.03. The van der Waals surface area contributed by atoms with Crippen LogP contribution in [0.3, 0.4) is 0 Å². The molecule has 5 nitrogen and oxygen atoms in total. The minimum absolute atomic E-state index is 0.126. The van der Waals surface area contributed by atoms with E-state index in [0.717, 1.165) is 50.6 Å². The molecule has 1 aliphatic rings. The van der Waals surface area contributed by atoms with E-state index in [0.29, 0.717) is 37.3 Å². The molecule has 0 aromatic heterocycles. The molecule has 1 amide bonds. The number of benzene rings is 1. The number of esters is 1. The lowest BCUT2D eigenvalue weighted by Crippen LogP contribution is -2.34. The maximum absolute atomic E-state index is 12.2. The number of hydrogen-bond donors (Lipinski definition) is 1. The van der Waals surface area contributed by atoms with Crippen LogP contribution in [-0.4, -0.2) is 47.2 Å². The lowest BCUT2D eigenvalue weighted by Gasteiger charge is -2.26. The van der Waals surface area contributed by atoms with Gasteiger partial charge >= 0.3 is 5.97 Å². The fourth-order valence-electron chi connectivity index (χ4n) is 3.96. The smallest absolute Gasteiger partial charge is 0.305 e. The van der Waals surface area contributed by atoms with Gasteiger partial charge in [-0.25, -0.2) is 0 Å². The zero-order valence-corrected chi connectivity index (χ0v) is 18.2. The third kappa shape index (κ3) is 8.75. The highest BCUT2D eigenvalue weighted by Gasteiger charge is 2.30. The Labute approximate surface area is 179 Å². The first kappa shape index (κ1) is 23.7. The van der Waals surface area contributed by atoms with Crippen LogP contribution in [0.15, 0.2) is 24.3 Å². The monoisotopic (exact) mass is 423 g/mol. The number of aliphatic hydroxyl groups is 1. The highest BCUT2D eigenvalue weighted by atomic mass is 35.5. The van der Waals surface area contributed by atoms with Crippen LogP contribution < -0.4 is 0 Å². The molecule has 2 rings (SSSR count). The molecule has 2 atom stereocenters. The van der Waals surface area contributed by atoms with Crippen molar-refractivity contribution in [2.45, 2.75) is 83.3 Å². The number of halogens is 1. The Hall–Kier alpha value is -1.59. The fourth-order valence-corrected chi connectivity index (χ4v) is 4.17. The standard InChI is InChI=1S/C23H34ClNO4/c1-2-29-23(28)10-5-3-4-6-15-25-20(12-14-22(25)27)11-13-21(26)17-18-8-7-9-19(24)16-18/h7-9,16,20-21,26H,2-6,10-15,17H2,1H3/t20-,21?/m0/s1. The molecule has 1 saturated heterocycles. The molecule has 0 radical (unpaired) electrons. The van der Waals surface area contributed by atoms with Crippen LogP contribution in [0.25, 0.3) is 0 Å². The number of amides is 1. The number of carbonyl (C=O) groups is 2. The second kappa shape index (κ2) is 12.9. The SMILES string of the molecule is CCOC(=O)CCCCCCN1C(=O)CC[C@@H]1CCC(O)Cc1cccc(Cl)c1. The number of carbonyl (C=O) groups excluding carboxylic acids is 2. The van der Waals surface area contributed by atoms with Crippen molar-refractivity contribution in [3.8, 4) is 0 Å². The molecular formula is C23H34ClNO4. The van der Waals surface area contributed by atoms with Gasteiger partial charge in [-0.05, 0) is 63.1 Å². The molecule has 1 heterocycles. The summed E-state index contributed by atoms with van der Waals surface area (Å²) in [6.45, 7) is 3.02. The van der Waals surface area contributed by atoms with Crippen molar-refractivity contribution in [3.63, 3.8) is 0 Å². The van der Waals surface area contributed by atoms with Crippen LogP contribution in [0.2, 0.25) is 5.02 Å². The molecule has 1 aliphatic heterocycles. The third-order valence-corrected chi connectivity index (χ3v) is 5.72. The molecule has 0 spiro atoms. The summed E-state index contributed by atoms with van der Waals surface area (Å²) < 4.78 is 4.93. The van der Waals surface area contributed by atoms with Crippen molar-refractivity contribution in [1.82, 2.24) is 4.90 Å². The molecule has 1 aromatic carbocycles. The molecule has 1 aromatic rings. The molecule has 29 heavy (non-hydrogen) atoms. The molecular weight excluding hydrogens is 390 g/mol. The van der Waals surface area contributed by atoms with Gasteiger partial charge in [0.2, 0.25) is 5.91 Å². The summed E-state index contributed by atoms with van der Waals surface area (Å²) in [5.74, 6) is 0.101. The topological polar surface area (TPSA) is 66.8 Å². The lowest BCUT2D eigenvalue weighted by atomic mass is 10.0. The van der Waals surface area contributed by atoms with Crippen LogP contribution >= 0.6 is 11.6 Å². The lowest BCUT2D eigenvalue weighted by molar-refractivity contribution is -0.143. The zero-order chi connectivity index (χ0) is 21.1. The van der Waals surface area contributed by atoms with Crippen molar-refractivity contribution in [2.24, 2.45) is 0 Å². The van der Waals surface area contributed by atoms with Crippen LogP contribution in [0.5, 0.6) is 0 Å². The van der Waals surface area contributed by atoms with Crippen LogP contribution in [0.1, 0.15) is 70.3 Å². The number of ether oxygens (including phenoxy) is 1. The number of hydrogen-bond acceptors (Lipinski definition) is 4. The van der Waals surface area contributed by atoms with Gasteiger partial charge in [-0.15, -0.1) is 0 Å². The maximum Gasteiger partial charge on any atom is 0.305 e. The van der Waals surface area contributed by atoms with Crippen LogP contribution in [0, 0.1) is 0 Å². The van der Waals surface area contributed by atoms with E-state index in [1.54, 1.807) is 0 Å². The Morgan fingerprint density at radius 3 is 2.86 bits per heavy atom. The van der Waals surface area contributed by atoms with Gasteiger partial charge in [0, 0.05) is 30.5 Å². The van der Waals surface area contributed by atoms with Crippen molar-refractivity contribution in [2.75, 3.05) is 13.2 Å². The van der Waals surface area contributed by atoms with E-state index in [9.17, 15) is 14.7 Å². The molecule has 1 N–H and O–H groups in total. The number of nitrogens with zero attached hydrogens (tertiary/aromatic N) is 1. The van der Waals surface area contributed by atoms with E-state index in [4.69, 9.17) is 16.3 Å². The van der Waals surface area contributed by atoms with Crippen LogP contribution in [0.4, 0.5) is 0 Å². The summed E-state index contributed by atoms with van der Waals surface area (Å²) in [6, 6.07) is 7.82. The summed E-state index contributed by atoms with van der Waals surface area (Å²) in [6.07, 6.45) is 7.42. The van der Waals surface area contributed by atoms with Crippen molar-refractivity contribution < 1.29 is 19.4 Å². The summed E-state index contributed by atoms with van der Waals surface area (Å²) in [4.78, 5) is 25.6. The van der Waals surface area contributed by atoms with E-state index in [-0.39, 0.29) is 17.9 Å². The Morgan fingerprint density at radius 2 is 2.10 bits per heavy atom. The molecule has 162 valence electrons. The molecule has 0 aliphatic carbocycles. The molecule has 1 unspecified atom stereocenters. The number of unbranched alkanes of at least 4 members (excludes halogenated alkanes) is 3. The Bertz CT molecular complexity index is 652. The highest BCUT2D eigenvalue weighted by molar-refractivity contribution is 6.30. The Morgan fingerprint density at radius 1 is 1.31 bits per heavy atom. The zero-order valence-electron chi connectivity index (χ0n) is 17.4. The average molecular weight is 424 g/mol. The normalized spacial score (nSPS) is 17.6. The van der Waals surface area contributed by atoms with Gasteiger partial charge < -0.3 is 14.7 Å². The van der Waals surface area contributed by atoms with E-state index in [1.807, 2.05) is 36.1 Å². The Balaban J connectivity index is 1.65. The largest absolute Gasteiger partial charge is 0.466 e. The first-order chi connectivity index (χ1) is 14.0. The Kier molecular flexibility index (Phi) is 10.5. The number of rotatable bonds is 13. The van der Waals surface area contributed by atoms with Gasteiger partial charge in [-0.2, -0.15) is 0 Å². The summed E-state index contributed by atoms with van der Waals surface area (Å²) in [5, 5.41) is 11.1. The van der Waals surface area contributed by atoms with Crippen molar-refractivity contribution in [1.29, 1.82) is 0 Å². The van der Waals surface area contributed by atoms with Gasteiger partial charge in [0.1, 0.15) is 0 Å². The van der Waals surface area contributed by atoms with Crippen LogP contribution in [-0.2, 0) is 20.7 Å². The van der Waals surface area contributed by atoms with Gasteiger partial charge in [0.15, 0.2) is 0 Å². The molecule has 0 bridgehead atoms. The van der Waals surface area contributed by atoms with Gasteiger partial charge in [0.25, 0.3) is 0 Å². The average Bonchev–Trinajstić information content (AvgIpc) is 3.03.